The molecule has 1 rings (SSSR count). The molecule has 0 unspecified atom stereocenters. The predicted molar refractivity (Wildman–Crippen MR) is 54.5 cm³/mol. The maximum Gasteiger partial charge on any atom is 0.231 e. The monoisotopic (exact) mass is 192 g/mol. The summed E-state index contributed by atoms with van der Waals surface area (Å²) < 4.78 is 0. The van der Waals surface area contributed by atoms with Crippen molar-refractivity contribution in [2.24, 2.45) is 0 Å². The van der Waals surface area contributed by atoms with Gasteiger partial charge >= 0.3 is 0 Å². The summed E-state index contributed by atoms with van der Waals surface area (Å²) in [4.78, 5) is 16.7. The fourth-order valence-electron chi connectivity index (χ4n) is 0.385. The van der Waals surface area contributed by atoms with Crippen molar-refractivity contribution in [3.63, 3.8) is 0 Å². The zero-order valence-corrected chi connectivity index (χ0v) is 7.69. The van der Waals surface area contributed by atoms with E-state index in [-0.39, 0.29) is 0 Å². The average molecular weight is 192 g/mol. The van der Waals surface area contributed by atoms with Gasteiger partial charge in [0.15, 0.2) is 0 Å². The second kappa shape index (κ2) is 31.0. The van der Waals surface area contributed by atoms with E-state index in [0.29, 0.717) is 0 Å². The molecule has 0 spiro atoms. The number of rotatable bonds is 0. The molecule has 2 N–H and O–H groups in total. The van der Waals surface area contributed by atoms with Gasteiger partial charge in [-0.15, -0.1) is 13.2 Å². The van der Waals surface area contributed by atoms with Gasteiger partial charge in [-0.1, -0.05) is 36.4 Å². The lowest BCUT2D eigenvalue weighted by Gasteiger charge is -1.69. The van der Waals surface area contributed by atoms with Crippen LogP contribution in [-0.2, 0) is 9.59 Å². The van der Waals surface area contributed by atoms with Crippen molar-refractivity contribution in [1.82, 2.24) is 0 Å². The zero-order chi connectivity index (χ0) is 11.7. The summed E-state index contributed by atoms with van der Waals surface area (Å²) in [6.45, 7) is 6.00. The Morgan fingerprint density at radius 2 is 0.786 bits per heavy atom. The van der Waals surface area contributed by atoms with Crippen molar-refractivity contribution in [3.05, 3.63) is 49.6 Å². The van der Waals surface area contributed by atoms with Crippen LogP contribution in [-0.4, -0.2) is 12.2 Å². The Morgan fingerprint density at radius 3 is 0.857 bits per heavy atom. The van der Waals surface area contributed by atoms with E-state index in [9.17, 15) is 0 Å². The molecule has 0 atom stereocenters. The number of benzene rings is 1. The third-order valence-electron chi connectivity index (χ3n) is 0.667. The summed E-state index contributed by atoms with van der Waals surface area (Å²) in [6.07, 6.45) is 1.50. The molecule has 14 heavy (non-hydrogen) atoms. The van der Waals surface area contributed by atoms with Gasteiger partial charge in [-0.3, -0.25) is 0 Å². The Balaban J connectivity index is -0.000000132. The number of hydrogen-bond acceptors (Lipinski definition) is 4. The Bertz CT molecular complexity index is 209. The van der Waals surface area contributed by atoms with Crippen LogP contribution in [0.3, 0.4) is 0 Å². The van der Waals surface area contributed by atoms with Crippen molar-refractivity contribution in [2.45, 2.75) is 0 Å². The molecular weight excluding hydrogens is 180 g/mol. The van der Waals surface area contributed by atoms with E-state index < -0.39 is 0 Å². The maximum absolute atomic E-state index is 8.35. The molecule has 0 radical (unpaired) electrons. The topological polar surface area (TPSA) is 81.8 Å². The molecule has 1 aromatic rings. The maximum atomic E-state index is 8.35. The largest absolute Gasteiger partial charge is 0.231 e. The molecule has 0 bridgehead atoms. The minimum absolute atomic E-state index is 0.750. The Hall–Kier alpha value is -2.28. The second-order valence-corrected chi connectivity index (χ2v) is 1.36. The quantitative estimate of drug-likeness (QED) is 0.375. The highest BCUT2D eigenvalue weighted by atomic mass is 16.1. The van der Waals surface area contributed by atoms with Crippen LogP contribution in [0.1, 0.15) is 0 Å². The fourth-order valence-corrected chi connectivity index (χ4v) is 0.385. The summed E-state index contributed by atoms with van der Waals surface area (Å²) >= 11 is 0. The number of carbonyl (C=O) groups excluding carboxylic acids is 2. The molecule has 74 valence electrons. The molecule has 0 amide bonds. The van der Waals surface area contributed by atoms with Crippen LogP contribution < -0.4 is 0 Å². The molecule has 4 heteroatoms. The Labute approximate surface area is 82.9 Å². The summed E-state index contributed by atoms with van der Waals surface area (Å²) in [6, 6.07) is 12.0. The second-order valence-electron chi connectivity index (χ2n) is 1.36. The number of hydrogen-bond donors (Lipinski definition) is 2. The molecule has 0 heterocycles. The SMILES string of the molecule is C=C.N=C=O.N=C=O.c1ccccc1. The van der Waals surface area contributed by atoms with E-state index in [1.54, 1.807) is 0 Å². The fraction of sp³-hybridized carbons (Fsp3) is 0. The first kappa shape index (κ1) is 17.7. The highest BCUT2D eigenvalue weighted by Gasteiger charge is 1.57. The van der Waals surface area contributed by atoms with Crippen molar-refractivity contribution in [2.75, 3.05) is 0 Å². The van der Waals surface area contributed by atoms with Gasteiger partial charge in [0.25, 0.3) is 0 Å². The number of isocyanates is 2. The summed E-state index contributed by atoms with van der Waals surface area (Å²) in [5, 5.41) is 10.8. The minimum atomic E-state index is 0.750. The summed E-state index contributed by atoms with van der Waals surface area (Å²) in [5.74, 6) is 0. The molecule has 0 aliphatic carbocycles. The van der Waals surface area contributed by atoms with Crippen molar-refractivity contribution in [3.8, 4) is 0 Å². The van der Waals surface area contributed by atoms with Gasteiger partial charge in [-0.25, -0.2) is 20.4 Å². The smallest absolute Gasteiger partial charge is 0.222 e. The highest BCUT2D eigenvalue weighted by Crippen LogP contribution is 1.79. The molecule has 0 aromatic heterocycles. The van der Waals surface area contributed by atoms with E-state index in [4.69, 9.17) is 20.4 Å². The van der Waals surface area contributed by atoms with E-state index in [1.807, 2.05) is 36.4 Å². The van der Waals surface area contributed by atoms with Gasteiger partial charge in [0.1, 0.15) is 0 Å². The van der Waals surface area contributed by atoms with Crippen molar-refractivity contribution < 1.29 is 9.59 Å². The van der Waals surface area contributed by atoms with Gasteiger partial charge in [-0.05, 0) is 0 Å². The third kappa shape index (κ3) is 53.4. The van der Waals surface area contributed by atoms with Crippen LogP contribution in [0.25, 0.3) is 0 Å². The molecule has 1 aromatic carbocycles. The molecule has 0 aliphatic heterocycles. The van der Waals surface area contributed by atoms with Crippen LogP contribution in [0.4, 0.5) is 0 Å². The standard InChI is InChI=1S/C6H6.C2H4.2CHNO/c1-2-4-6-5-3-1;1-2;2*2-1-3/h1-6H;1-2H2;2*2H. The Kier molecular flexibility index (Phi) is 39.2. The van der Waals surface area contributed by atoms with Crippen LogP contribution in [0.15, 0.2) is 49.6 Å². The van der Waals surface area contributed by atoms with Crippen LogP contribution >= 0.6 is 0 Å². The molecule has 0 fully saturated rings. The lowest BCUT2D eigenvalue weighted by atomic mass is 10.4. The molecule has 4 nitrogen and oxygen atoms in total. The first-order valence-electron chi connectivity index (χ1n) is 3.41. The Morgan fingerprint density at radius 1 is 0.714 bits per heavy atom. The van der Waals surface area contributed by atoms with Gasteiger partial charge in [0.05, 0.1) is 0 Å². The van der Waals surface area contributed by atoms with Crippen molar-refractivity contribution in [1.29, 1.82) is 10.8 Å². The van der Waals surface area contributed by atoms with E-state index in [0.717, 1.165) is 12.2 Å². The normalized spacial score (nSPS) is 4.86. The molecule has 0 saturated carbocycles. The van der Waals surface area contributed by atoms with Gasteiger partial charge in [0.2, 0.25) is 12.2 Å². The van der Waals surface area contributed by atoms with E-state index in [2.05, 4.69) is 13.2 Å². The summed E-state index contributed by atoms with van der Waals surface area (Å²) in [7, 11) is 0. The first-order valence-corrected chi connectivity index (χ1v) is 3.41. The van der Waals surface area contributed by atoms with Crippen LogP contribution in [0.5, 0.6) is 0 Å². The van der Waals surface area contributed by atoms with Gasteiger partial charge < -0.3 is 0 Å². The average Bonchev–Trinajstić information content (AvgIpc) is 2.26. The van der Waals surface area contributed by atoms with Crippen molar-refractivity contribution >= 4 is 12.2 Å². The molecule has 0 aliphatic rings. The van der Waals surface area contributed by atoms with Gasteiger partial charge in [0, 0.05) is 0 Å². The molecule has 0 saturated heterocycles. The van der Waals surface area contributed by atoms with E-state index >= 15 is 0 Å². The lowest BCUT2D eigenvalue weighted by Crippen LogP contribution is -1.47. The van der Waals surface area contributed by atoms with Gasteiger partial charge in [-0.2, -0.15) is 0 Å². The predicted octanol–water partition coefficient (Wildman–Crippen LogP) is 2.29. The minimum Gasteiger partial charge on any atom is -0.222 e. The van der Waals surface area contributed by atoms with Crippen LogP contribution in [0, 0.1) is 10.8 Å². The summed E-state index contributed by atoms with van der Waals surface area (Å²) in [5.41, 5.74) is 0. The van der Waals surface area contributed by atoms with Crippen LogP contribution in [0.2, 0.25) is 0 Å². The third-order valence-corrected chi connectivity index (χ3v) is 0.667. The molecular formula is C10H12N2O2. The zero-order valence-electron chi connectivity index (χ0n) is 7.69. The highest BCUT2D eigenvalue weighted by molar-refractivity contribution is 5.26. The lowest BCUT2D eigenvalue weighted by molar-refractivity contribution is 0.562. The van der Waals surface area contributed by atoms with E-state index in [1.165, 1.54) is 0 Å². The first-order chi connectivity index (χ1) is 6.83. The number of nitrogens with one attached hydrogen (secondary N) is 2.